The monoisotopic (exact) mass is 275 g/mol. The van der Waals surface area contributed by atoms with E-state index in [1.165, 1.54) is 16.3 Å². The lowest BCUT2D eigenvalue weighted by atomic mass is 9.74. The van der Waals surface area contributed by atoms with Gasteiger partial charge in [-0.1, -0.05) is 13.8 Å². The summed E-state index contributed by atoms with van der Waals surface area (Å²) in [4.78, 5) is 4.56. The number of fused-ring (bicyclic) bond motifs is 1. The molecule has 0 aromatic carbocycles. The summed E-state index contributed by atoms with van der Waals surface area (Å²) in [6.07, 6.45) is 4.34. The molecule has 0 aliphatic heterocycles. The Morgan fingerprint density at radius 3 is 3.00 bits per heavy atom. The molecule has 0 radical (unpaired) electrons. The van der Waals surface area contributed by atoms with Gasteiger partial charge in [0.05, 0.1) is 6.54 Å². The smallest absolute Gasteiger partial charge is 0.113 e. The molecule has 1 atom stereocenters. The van der Waals surface area contributed by atoms with Crippen molar-refractivity contribution in [2.45, 2.75) is 46.2 Å². The zero-order chi connectivity index (χ0) is 13.6. The summed E-state index contributed by atoms with van der Waals surface area (Å²) in [5.41, 5.74) is 10.4. The second-order valence-electron chi connectivity index (χ2n) is 6.38. The Hall–Kier alpha value is -1.13. The number of thiazole rings is 1. The van der Waals surface area contributed by atoms with Gasteiger partial charge in [0.1, 0.15) is 5.01 Å². The van der Waals surface area contributed by atoms with Crippen molar-refractivity contribution in [3.8, 4) is 0 Å². The standard InChI is InChI=1S/C15H21N3S/c1-10-9-19-14(17-10)8-18-5-4-11-12(16)6-15(2,3)7-13(11)18/h4-5,9,12H,6-8,16H2,1-3H3. The summed E-state index contributed by atoms with van der Waals surface area (Å²) in [6, 6.07) is 2.37. The molecular weight excluding hydrogens is 254 g/mol. The van der Waals surface area contributed by atoms with Gasteiger partial charge in [-0.3, -0.25) is 0 Å². The molecule has 2 aromatic heterocycles. The fraction of sp³-hybridized carbons (Fsp3) is 0.533. The predicted molar refractivity (Wildman–Crippen MR) is 79.4 cm³/mol. The maximum atomic E-state index is 6.31. The van der Waals surface area contributed by atoms with E-state index in [1.54, 1.807) is 11.3 Å². The van der Waals surface area contributed by atoms with Crippen molar-refractivity contribution in [1.29, 1.82) is 0 Å². The fourth-order valence-corrected chi connectivity index (χ4v) is 3.83. The van der Waals surface area contributed by atoms with Crippen molar-refractivity contribution in [1.82, 2.24) is 9.55 Å². The summed E-state index contributed by atoms with van der Waals surface area (Å²) in [6.45, 7) is 7.53. The number of hydrogen-bond acceptors (Lipinski definition) is 3. The number of aryl methyl sites for hydroxylation is 1. The van der Waals surface area contributed by atoms with Crippen LogP contribution in [-0.4, -0.2) is 9.55 Å². The highest BCUT2D eigenvalue weighted by Crippen LogP contribution is 2.40. The van der Waals surface area contributed by atoms with Crippen LogP contribution in [0.3, 0.4) is 0 Å². The molecule has 0 fully saturated rings. The molecule has 0 saturated heterocycles. The van der Waals surface area contributed by atoms with Crippen LogP contribution in [0.5, 0.6) is 0 Å². The Labute approximate surface area is 118 Å². The van der Waals surface area contributed by atoms with Gasteiger partial charge >= 0.3 is 0 Å². The highest BCUT2D eigenvalue weighted by molar-refractivity contribution is 7.09. The molecule has 3 rings (SSSR count). The summed E-state index contributed by atoms with van der Waals surface area (Å²) in [5, 5.41) is 3.29. The van der Waals surface area contributed by atoms with Gasteiger partial charge in [-0.15, -0.1) is 11.3 Å². The number of nitrogens with two attached hydrogens (primary N) is 1. The van der Waals surface area contributed by atoms with E-state index in [0.29, 0.717) is 5.41 Å². The van der Waals surface area contributed by atoms with Gasteiger partial charge in [-0.2, -0.15) is 0 Å². The quantitative estimate of drug-likeness (QED) is 0.914. The minimum Gasteiger partial charge on any atom is -0.344 e. The van der Waals surface area contributed by atoms with E-state index < -0.39 is 0 Å². The third-order valence-corrected chi connectivity index (χ3v) is 4.86. The average Bonchev–Trinajstić information content (AvgIpc) is 2.86. The lowest BCUT2D eigenvalue weighted by Gasteiger charge is -2.34. The molecule has 4 heteroatoms. The van der Waals surface area contributed by atoms with Crippen LogP contribution in [0.4, 0.5) is 0 Å². The van der Waals surface area contributed by atoms with Crippen molar-refractivity contribution in [3.63, 3.8) is 0 Å². The van der Waals surface area contributed by atoms with Crippen molar-refractivity contribution in [3.05, 3.63) is 39.6 Å². The van der Waals surface area contributed by atoms with Crippen LogP contribution in [0.1, 0.15) is 48.3 Å². The molecule has 0 spiro atoms. The first kappa shape index (κ1) is 12.9. The van der Waals surface area contributed by atoms with Gasteiger partial charge in [-0.05, 0) is 36.8 Å². The second-order valence-corrected chi connectivity index (χ2v) is 7.32. The van der Waals surface area contributed by atoms with E-state index >= 15 is 0 Å². The molecule has 2 heterocycles. The zero-order valence-electron chi connectivity index (χ0n) is 11.8. The lowest BCUT2D eigenvalue weighted by molar-refractivity contribution is 0.276. The molecule has 1 aliphatic rings. The molecule has 2 N–H and O–H groups in total. The highest BCUT2D eigenvalue weighted by Gasteiger charge is 2.32. The number of nitrogens with zero attached hydrogens (tertiary/aromatic N) is 2. The summed E-state index contributed by atoms with van der Waals surface area (Å²) >= 11 is 1.74. The van der Waals surface area contributed by atoms with E-state index in [0.717, 1.165) is 25.1 Å². The Balaban J connectivity index is 1.92. The van der Waals surface area contributed by atoms with E-state index in [2.05, 4.69) is 41.0 Å². The van der Waals surface area contributed by atoms with Gasteiger partial charge in [0.25, 0.3) is 0 Å². The van der Waals surface area contributed by atoms with Crippen molar-refractivity contribution >= 4 is 11.3 Å². The molecule has 0 saturated carbocycles. The second kappa shape index (κ2) is 4.46. The van der Waals surface area contributed by atoms with Gasteiger partial charge in [0.2, 0.25) is 0 Å². The van der Waals surface area contributed by atoms with Crippen LogP contribution in [0.2, 0.25) is 0 Å². The lowest BCUT2D eigenvalue weighted by Crippen LogP contribution is -2.30. The maximum absolute atomic E-state index is 6.31. The van der Waals surface area contributed by atoms with Crippen molar-refractivity contribution in [2.24, 2.45) is 11.1 Å². The van der Waals surface area contributed by atoms with Gasteiger partial charge in [-0.25, -0.2) is 4.98 Å². The summed E-state index contributed by atoms with van der Waals surface area (Å²) < 4.78 is 2.33. The van der Waals surface area contributed by atoms with Gasteiger partial charge in [0.15, 0.2) is 0 Å². The predicted octanol–water partition coefficient (Wildman–Crippen LogP) is 3.27. The zero-order valence-corrected chi connectivity index (χ0v) is 12.6. The fourth-order valence-electron chi connectivity index (χ4n) is 3.06. The van der Waals surface area contributed by atoms with E-state index in [9.17, 15) is 0 Å². The number of aromatic nitrogens is 2. The number of rotatable bonds is 2. The minimum atomic E-state index is 0.179. The van der Waals surface area contributed by atoms with Gasteiger partial charge in [0, 0.05) is 29.0 Å². The van der Waals surface area contributed by atoms with Gasteiger partial charge < -0.3 is 10.3 Å². The van der Waals surface area contributed by atoms with Crippen LogP contribution < -0.4 is 5.73 Å². The topological polar surface area (TPSA) is 43.8 Å². The Bertz CT molecular complexity index is 594. The summed E-state index contributed by atoms with van der Waals surface area (Å²) in [7, 11) is 0. The Morgan fingerprint density at radius 2 is 2.32 bits per heavy atom. The SMILES string of the molecule is Cc1csc(Cn2ccc3c2CC(C)(C)CC3N)n1. The molecular formula is C15H21N3S. The Morgan fingerprint density at radius 1 is 1.53 bits per heavy atom. The summed E-state index contributed by atoms with van der Waals surface area (Å²) in [5.74, 6) is 0. The molecule has 0 amide bonds. The molecule has 19 heavy (non-hydrogen) atoms. The van der Waals surface area contributed by atoms with Crippen LogP contribution in [0.25, 0.3) is 0 Å². The van der Waals surface area contributed by atoms with Crippen LogP contribution in [0, 0.1) is 12.3 Å². The van der Waals surface area contributed by atoms with Crippen LogP contribution >= 0.6 is 11.3 Å². The van der Waals surface area contributed by atoms with E-state index in [-0.39, 0.29) is 6.04 Å². The minimum absolute atomic E-state index is 0.179. The largest absolute Gasteiger partial charge is 0.344 e. The molecule has 3 nitrogen and oxygen atoms in total. The first-order valence-corrected chi connectivity index (χ1v) is 7.67. The average molecular weight is 275 g/mol. The van der Waals surface area contributed by atoms with Crippen molar-refractivity contribution in [2.75, 3.05) is 0 Å². The normalized spacial score (nSPS) is 21.4. The third-order valence-electron chi connectivity index (χ3n) is 3.90. The first-order chi connectivity index (χ1) is 8.94. The first-order valence-electron chi connectivity index (χ1n) is 6.79. The Kier molecular flexibility index (Phi) is 3.02. The van der Waals surface area contributed by atoms with Crippen molar-refractivity contribution < 1.29 is 0 Å². The molecule has 1 aliphatic carbocycles. The van der Waals surface area contributed by atoms with E-state index in [1.807, 2.05) is 6.92 Å². The number of hydrogen-bond donors (Lipinski definition) is 1. The molecule has 1 unspecified atom stereocenters. The molecule has 0 bridgehead atoms. The van der Waals surface area contributed by atoms with E-state index in [4.69, 9.17) is 5.73 Å². The van der Waals surface area contributed by atoms with Crippen LogP contribution in [0.15, 0.2) is 17.6 Å². The molecule has 2 aromatic rings. The highest BCUT2D eigenvalue weighted by atomic mass is 32.1. The molecule has 102 valence electrons. The van der Waals surface area contributed by atoms with Crippen LogP contribution in [-0.2, 0) is 13.0 Å². The maximum Gasteiger partial charge on any atom is 0.113 e. The third kappa shape index (κ3) is 2.47.